The summed E-state index contributed by atoms with van der Waals surface area (Å²) in [6.07, 6.45) is 10.9. The first kappa shape index (κ1) is 21.2. The lowest BCUT2D eigenvalue weighted by atomic mass is 10.00. The molecule has 1 heterocycles. The van der Waals surface area contributed by atoms with E-state index < -0.39 is 0 Å². The molecule has 0 N–H and O–H groups in total. The first-order valence-corrected chi connectivity index (χ1v) is 10.3. The second kappa shape index (κ2) is 11.6. The Hall–Kier alpha value is -2.10. The molecule has 0 bridgehead atoms. The number of nitrogens with zero attached hydrogens (tertiary/aromatic N) is 1. The third-order valence-corrected chi connectivity index (χ3v) is 5.01. The summed E-state index contributed by atoms with van der Waals surface area (Å²) in [7, 11) is 0. The quantitative estimate of drug-likeness (QED) is 0.473. The summed E-state index contributed by atoms with van der Waals surface area (Å²) in [5.41, 5.74) is 1.77. The smallest absolute Gasteiger partial charge is 0.414 e. The highest BCUT2D eigenvalue weighted by Gasteiger charge is 2.30. The molecule has 0 aromatic heterocycles. The Morgan fingerprint density at radius 1 is 1.07 bits per heavy atom. The van der Waals surface area contributed by atoms with Crippen LogP contribution in [0.15, 0.2) is 42.1 Å². The molecular weight excluding hydrogens is 338 g/mol. The van der Waals surface area contributed by atoms with Crippen LogP contribution in [0.3, 0.4) is 0 Å². The molecule has 0 spiro atoms. The molecule has 1 aliphatic rings. The van der Waals surface area contributed by atoms with Crippen LogP contribution in [0.1, 0.15) is 77.2 Å². The van der Waals surface area contributed by atoms with Crippen molar-refractivity contribution >= 4 is 11.9 Å². The van der Waals surface area contributed by atoms with Crippen LogP contribution >= 0.6 is 0 Å². The van der Waals surface area contributed by atoms with Gasteiger partial charge in [-0.15, -0.1) is 0 Å². The van der Waals surface area contributed by atoms with Gasteiger partial charge in [0.25, 0.3) is 0 Å². The van der Waals surface area contributed by atoms with Crippen molar-refractivity contribution in [1.29, 1.82) is 0 Å². The molecule has 0 unspecified atom stereocenters. The lowest BCUT2D eigenvalue weighted by molar-refractivity contribution is -0.116. The summed E-state index contributed by atoms with van der Waals surface area (Å²) in [6.45, 7) is 4.39. The number of carbonyl (C=O) groups excluding carboxylic acids is 2. The van der Waals surface area contributed by atoms with Crippen molar-refractivity contribution in [3.05, 3.63) is 47.7 Å². The average molecular weight is 372 g/mol. The Labute approximate surface area is 163 Å². The maximum Gasteiger partial charge on any atom is 0.414 e. The monoisotopic (exact) mass is 371 g/mol. The Morgan fingerprint density at radius 2 is 1.74 bits per heavy atom. The second-order valence-corrected chi connectivity index (χ2v) is 7.44. The van der Waals surface area contributed by atoms with Crippen molar-refractivity contribution in [2.45, 2.75) is 84.3 Å². The van der Waals surface area contributed by atoms with E-state index in [1.807, 2.05) is 37.3 Å². The van der Waals surface area contributed by atoms with Crippen molar-refractivity contribution in [3.8, 4) is 0 Å². The van der Waals surface area contributed by atoms with Gasteiger partial charge in [0.15, 0.2) is 5.78 Å². The minimum atomic E-state index is -0.354. The molecule has 1 aliphatic heterocycles. The van der Waals surface area contributed by atoms with E-state index >= 15 is 0 Å². The fraction of sp³-hybridized carbons (Fsp3) is 0.565. The number of carbonyl (C=O) groups is 2. The zero-order chi connectivity index (χ0) is 19.5. The van der Waals surface area contributed by atoms with E-state index in [2.05, 4.69) is 6.92 Å². The third kappa shape index (κ3) is 7.20. The summed E-state index contributed by atoms with van der Waals surface area (Å²) in [5.74, 6) is 0.104. The molecule has 148 valence electrons. The van der Waals surface area contributed by atoms with Crippen LogP contribution in [0, 0.1) is 0 Å². The number of ketones is 1. The molecule has 2 rings (SSSR count). The number of hydrogen-bond acceptors (Lipinski definition) is 3. The van der Waals surface area contributed by atoms with Gasteiger partial charge in [-0.1, -0.05) is 75.8 Å². The van der Waals surface area contributed by atoms with Gasteiger partial charge in [0.05, 0.1) is 0 Å². The molecule has 1 atom stereocenters. The molecule has 1 amide bonds. The summed E-state index contributed by atoms with van der Waals surface area (Å²) in [4.78, 5) is 26.3. The lowest BCUT2D eigenvalue weighted by Crippen LogP contribution is -2.42. The Morgan fingerprint density at radius 3 is 2.44 bits per heavy atom. The molecule has 4 heteroatoms. The zero-order valence-electron chi connectivity index (χ0n) is 16.8. The van der Waals surface area contributed by atoms with Crippen molar-refractivity contribution < 1.29 is 14.3 Å². The first-order valence-electron chi connectivity index (χ1n) is 10.3. The molecule has 0 fully saturated rings. The van der Waals surface area contributed by atoms with E-state index in [9.17, 15) is 9.59 Å². The summed E-state index contributed by atoms with van der Waals surface area (Å²) >= 11 is 0. The van der Waals surface area contributed by atoms with Gasteiger partial charge in [-0.3, -0.25) is 9.69 Å². The second-order valence-electron chi connectivity index (χ2n) is 7.44. The van der Waals surface area contributed by atoms with Gasteiger partial charge < -0.3 is 4.74 Å². The molecular formula is C23H33NO3. The number of allylic oxidation sites excluding steroid dienone is 2. The minimum Gasteiger partial charge on any atom is -0.444 e. The summed E-state index contributed by atoms with van der Waals surface area (Å²) in [6, 6.07) is 9.52. The topological polar surface area (TPSA) is 46.6 Å². The van der Waals surface area contributed by atoms with E-state index in [0.29, 0.717) is 6.42 Å². The van der Waals surface area contributed by atoms with Crippen LogP contribution in [-0.2, 0) is 16.1 Å². The summed E-state index contributed by atoms with van der Waals surface area (Å²) in [5, 5.41) is 0. The van der Waals surface area contributed by atoms with Crippen LogP contribution in [0.2, 0.25) is 0 Å². The molecule has 0 saturated heterocycles. The van der Waals surface area contributed by atoms with E-state index in [0.717, 1.165) is 30.5 Å². The average Bonchev–Trinajstić information content (AvgIpc) is 2.66. The first-order chi connectivity index (χ1) is 13.1. The molecule has 4 nitrogen and oxygen atoms in total. The van der Waals surface area contributed by atoms with Crippen molar-refractivity contribution in [2.75, 3.05) is 0 Å². The third-order valence-electron chi connectivity index (χ3n) is 5.01. The fourth-order valence-electron chi connectivity index (χ4n) is 3.52. The number of ether oxygens (including phenoxy) is 1. The highest BCUT2D eigenvalue weighted by Crippen LogP contribution is 2.25. The van der Waals surface area contributed by atoms with Gasteiger partial charge >= 0.3 is 6.09 Å². The fourth-order valence-corrected chi connectivity index (χ4v) is 3.52. The highest BCUT2D eigenvalue weighted by atomic mass is 16.6. The lowest BCUT2D eigenvalue weighted by Gasteiger charge is -2.33. The van der Waals surface area contributed by atoms with Crippen LogP contribution in [-0.4, -0.2) is 22.8 Å². The molecule has 27 heavy (non-hydrogen) atoms. The number of hydrogen-bond donors (Lipinski definition) is 0. The largest absolute Gasteiger partial charge is 0.444 e. The standard InChI is InChI=1S/C23H33NO3/c1-3-4-5-6-7-8-12-15-21-17-22(25)16-19(2)24(21)23(26)27-18-20-13-10-9-11-14-20/h9-11,13-14,17,19H,3-8,12,15-16,18H2,1-2H3/t19-/m0/s1. The predicted octanol–water partition coefficient (Wildman–Crippen LogP) is 6.01. The minimum absolute atomic E-state index is 0.104. The van der Waals surface area contributed by atoms with Gasteiger partial charge in [-0.25, -0.2) is 4.79 Å². The highest BCUT2D eigenvalue weighted by molar-refractivity contribution is 5.93. The molecule has 0 saturated carbocycles. The Kier molecular flexibility index (Phi) is 9.09. The van der Waals surface area contributed by atoms with Gasteiger partial charge in [-0.2, -0.15) is 0 Å². The van der Waals surface area contributed by atoms with E-state index in [1.54, 1.807) is 11.0 Å². The zero-order valence-corrected chi connectivity index (χ0v) is 16.8. The predicted molar refractivity (Wildman–Crippen MR) is 108 cm³/mol. The van der Waals surface area contributed by atoms with Gasteiger partial charge in [0.2, 0.25) is 0 Å². The van der Waals surface area contributed by atoms with E-state index in [1.165, 1.54) is 32.1 Å². The molecule has 0 aliphatic carbocycles. The van der Waals surface area contributed by atoms with E-state index in [-0.39, 0.29) is 24.5 Å². The van der Waals surface area contributed by atoms with Crippen molar-refractivity contribution in [2.24, 2.45) is 0 Å². The van der Waals surface area contributed by atoms with Gasteiger partial charge in [0.1, 0.15) is 6.61 Å². The van der Waals surface area contributed by atoms with Gasteiger partial charge in [-0.05, 0) is 25.3 Å². The van der Waals surface area contributed by atoms with E-state index in [4.69, 9.17) is 4.74 Å². The van der Waals surface area contributed by atoms with Crippen molar-refractivity contribution in [3.63, 3.8) is 0 Å². The van der Waals surface area contributed by atoms with Crippen molar-refractivity contribution in [1.82, 2.24) is 4.90 Å². The summed E-state index contributed by atoms with van der Waals surface area (Å²) < 4.78 is 5.51. The van der Waals surface area contributed by atoms with Crippen LogP contribution in [0.5, 0.6) is 0 Å². The molecule has 1 aromatic carbocycles. The maximum absolute atomic E-state index is 12.7. The molecule has 1 aromatic rings. The van der Waals surface area contributed by atoms with Crippen LogP contribution in [0.25, 0.3) is 0 Å². The van der Waals surface area contributed by atoms with Gasteiger partial charge in [0, 0.05) is 24.2 Å². The normalized spacial score (nSPS) is 17.0. The number of rotatable bonds is 10. The molecule has 0 radical (unpaired) electrons. The number of unbranched alkanes of at least 4 members (excludes halogenated alkanes) is 6. The van der Waals surface area contributed by atoms with Crippen LogP contribution in [0.4, 0.5) is 4.79 Å². The van der Waals surface area contributed by atoms with Crippen LogP contribution < -0.4 is 0 Å². The Bertz CT molecular complexity index is 624. The SMILES string of the molecule is CCCCCCCCCC1=CC(=O)C[C@H](C)N1C(=O)OCc1ccccc1. The number of benzene rings is 1. The maximum atomic E-state index is 12.7. The Balaban J connectivity index is 1.86. The number of amides is 1.